The van der Waals surface area contributed by atoms with Crippen LogP contribution < -0.4 is 5.32 Å². The predicted molar refractivity (Wildman–Crippen MR) is 96.3 cm³/mol. The van der Waals surface area contributed by atoms with Crippen molar-refractivity contribution in [1.82, 2.24) is 9.97 Å². The smallest absolute Gasteiger partial charge is 0.255 e. The average Bonchev–Trinajstić information content (AvgIpc) is 2.62. The summed E-state index contributed by atoms with van der Waals surface area (Å²) in [4.78, 5) is 20.6. The fourth-order valence-corrected chi connectivity index (χ4v) is 2.45. The number of pyridine rings is 2. The normalized spacial score (nSPS) is 10.4. The lowest BCUT2D eigenvalue weighted by atomic mass is 10.1. The van der Waals surface area contributed by atoms with Gasteiger partial charge in [0.2, 0.25) is 0 Å². The van der Waals surface area contributed by atoms with Gasteiger partial charge in [-0.25, -0.2) is 4.98 Å². The van der Waals surface area contributed by atoms with E-state index in [-0.39, 0.29) is 5.91 Å². The van der Waals surface area contributed by atoms with E-state index >= 15 is 0 Å². The lowest BCUT2D eigenvalue weighted by Crippen LogP contribution is -2.11. The van der Waals surface area contributed by atoms with Crippen LogP contribution in [0.5, 0.6) is 0 Å². The molecular formula is C19H16ClN3O. The van der Waals surface area contributed by atoms with Crippen LogP contribution in [-0.4, -0.2) is 15.9 Å². The molecule has 0 saturated carbocycles. The van der Waals surface area contributed by atoms with E-state index in [0.717, 1.165) is 17.7 Å². The number of aromatic nitrogens is 2. The zero-order valence-electron chi connectivity index (χ0n) is 13.2. The third-order valence-corrected chi connectivity index (χ3v) is 3.87. The molecule has 5 heteroatoms. The van der Waals surface area contributed by atoms with Crippen LogP contribution >= 0.6 is 11.6 Å². The number of rotatable bonds is 4. The van der Waals surface area contributed by atoms with E-state index < -0.39 is 0 Å². The molecule has 0 bridgehead atoms. The molecule has 2 heterocycles. The van der Waals surface area contributed by atoms with Crippen LogP contribution in [0.3, 0.4) is 0 Å². The monoisotopic (exact) mass is 337 g/mol. The Kier molecular flexibility index (Phi) is 4.87. The number of nitrogens with one attached hydrogen (secondary N) is 1. The van der Waals surface area contributed by atoms with E-state index in [2.05, 4.69) is 28.3 Å². The van der Waals surface area contributed by atoms with Crippen LogP contribution in [0.4, 0.5) is 5.69 Å². The van der Waals surface area contributed by atoms with Crippen LogP contribution in [0.2, 0.25) is 5.15 Å². The zero-order valence-corrected chi connectivity index (χ0v) is 13.9. The van der Waals surface area contributed by atoms with E-state index in [1.165, 1.54) is 5.56 Å². The molecule has 0 unspecified atom stereocenters. The van der Waals surface area contributed by atoms with Crippen molar-refractivity contribution in [3.63, 3.8) is 0 Å². The summed E-state index contributed by atoms with van der Waals surface area (Å²) >= 11 is 5.82. The molecule has 1 amide bonds. The number of hydrogen-bond donors (Lipinski definition) is 1. The third-order valence-electron chi connectivity index (χ3n) is 3.66. The Morgan fingerprint density at radius 1 is 1.08 bits per heavy atom. The second kappa shape index (κ2) is 7.23. The molecule has 4 nitrogen and oxygen atoms in total. The fourth-order valence-electron chi connectivity index (χ4n) is 2.28. The van der Waals surface area contributed by atoms with Crippen LogP contribution in [0.25, 0.3) is 11.3 Å². The summed E-state index contributed by atoms with van der Waals surface area (Å²) in [7, 11) is 0. The van der Waals surface area contributed by atoms with Gasteiger partial charge in [0.05, 0.1) is 5.69 Å². The van der Waals surface area contributed by atoms with Gasteiger partial charge in [-0.1, -0.05) is 36.7 Å². The molecule has 1 N–H and O–H groups in total. The molecule has 0 atom stereocenters. The predicted octanol–water partition coefficient (Wildman–Crippen LogP) is 4.61. The summed E-state index contributed by atoms with van der Waals surface area (Å²) < 4.78 is 0. The maximum atomic E-state index is 12.3. The van der Waals surface area contributed by atoms with Gasteiger partial charge >= 0.3 is 0 Å². The molecule has 0 spiro atoms. The highest BCUT2D eigenvalue weighted by molar-refractivity contribution is 6.29. The molecule has 0 aliphatic heterocycles. The SMILES string of the molecule is CCc1ccc(-c2ccc(C(=O)Nc3ccnc(Cl)c3)cc2)nc1. The average molecular weight is 338 g/mol. The van der Waals surface area contributed by atoms with Gasteiger partial charge in [0.15, 0.2) is 0 Å². The van der Waals surface area contributed by atoms with Crippen LogP contribution in [0, 0.1) is 0 Å². The van der Waals surface area contributed by atoms with Crippen molar-refractivity contribution < 1.29 is 4.79 Å². The summed E-state index contributed by atoms with van der Waals surface area (Å²) in [5, 5.41) is 3.13. The van der Waals surface area contributed by atoms with Crippen LogP contribution in [0.15, 0.2) is 60.9 Å². The molecule has 0 saturated heterocycles. The van der Waals surface area contributed by atoms with E-state index in [9.17, 15) is 4.79 Å². The Bertz CT molecular complexity index is 845. The van der Waals surface area contributed by atoms with Gasteiger partial charge in [-0.15, -0.1) is 0 Å². The third kappa shape index (κ3) is 3.78. The second-order valence-electron chi connectivity index (χ2n) is 5.30. The summed E-state index contributed by atoms with van der Waals surface area (Å²) in [6, 6.07) is 14.7. The number of nitrogens with zero attached hydrogens (tertiary/aromatic N) is 2. The number of carbonyl (C=O) groups excluding carboxylic acids is 1. The fraction of sp³-hybridized carbons (Fsp3) is 0.105. The Balaban J connectivity index is 1.74. The minimum Gasteiger partial charge on any atom is -0.322 e. The van der Waals surface area contributed by atoms with Crippen molar-refractivity contribution in [2.75, 3.05) is 5.32 Å². The minimum atomic E-state index is -0.196. The number of carbonyl (C=O) groups is 1. The molecule has 0 aliphatic carbocycles. The molecule has 0 radical (unpaired) electrons. The van der Waals surface area contributed by atoms with E-state index in [4.69, 9.17) is 11.6 Å². The topological polar surface area (TPSA) is 54.9 Å². The number of anilines is 1. The van der Waals surface area contributed by atoms with Gasteiger partial charge in [-0.05, 0) is 42.3 Å². The summed E-state index contributed by atoms with van der Waals surface area (Å²) in [5.74, 6) is -0.196. The first kappa shape index (κ1) is 16.1. The number of halogens is 1. The molecule has 2 aromatic heterocycles. The standard InChI is InChI=1S/C19H16ClN3O/c1-2-13-3-8-17(22-12-13)14-4-6-15(7-5-14)19(24)23-16-9-10-21-18(20)11-16/h3-12H,2H2,1H3,(H,21,23,24). The Morgan fingerprint density at radius 3 is 2.50 bits per heavy atom. The van der Waals surface area contributed by atoms with Crippen molar-refractivity contribution >= 4 is 23.2 Å². The highest BCUT2D eigenvalue weighted by Crippen LogP contribution is 2.19. The molecular weight excluding hydrogens is 322 g/mol. The van der Waals surface area contributed by atoms with Crippen molar-refractivity contribution in [3.8, 4) is 11.3 Å². The van der Waals surface area contributed by atoms with E-state index in [1.807, 2.05) is 24.4 Å². The van der Waals surface area contributed by atoms with Crippen molar-refractivity contribution in [2.24, 2.45) is 0 Å². The first-order chi connectivity index (χ1) is 11.7. The number of hydrogen-bond acceptors (Lipinski definition) is 3. The van der Waals surface area contributed by atoms with Crippen molar-refractivity contribution in [3.05, 3.63) is 77.2 Å². The van der Waals surface area contributed by atoms with Gasteiger partial charge in [0, 0.05) is 29.2 Å². The van der Waals surface area contributed by atoms with Crippen molar-refractivity contribution in [1.29, 1.82) is 0 Å². The molecule has 0 fully saturated rings. The summed E-state index contributed by atoms with van der Waals surface area (Å²) in [6.45, 7) is 2.10. The highest BCUT2D eigenvalue weighted by Gasteiger charge is 2.07. The Morgan fingerprint density at radius 2 is 1.88 bits per heavy atom. The maximum Gasteiger partial charge on any atom is 0.255 e. The van der Waals surface area contributed by atoms with Gasteiger partial charge in [0.1, 0.15) is 5.15 Å². The molecule has 3 rings (SSSR count). The van der Waals surface area contributed by atoms with Crippen LogP contribution in [-0.2, 0) is 6.42 Å². The van der Waals surface area contributed by atoms with Crippen molar-refractivity contribution in [2.45, 2.75) is 13.3 Å². The second-order valence-corrected chi connectivity index (χ2v) is 5.69. The number of aryl methyl sites for hydroxylation is 1. The molecule has 24 heavy (non-hydrogen) atoms. The maximum absolute atomic E-state index is 12.3. The van der Waals surface area contributed by atoms with Gasteiger partial charge in [-0.3, -0.25) is 9.78 Å². The minimum absolute atomic E-state index is 0.196. The quantitative estimate of drug-likeness (QED) is 0.707. The largest absolute Gasteiger partial charge is 0.322 e. The lowest BCUT2D eigenvalue weighted by Gasteiger charge is -2.07. The van der Waals surface area contributed by atoms with E-state index in [1.54, 1.807) is 30.5 Å². The molecule has 1 aromatic carbocycles. The highest BCUT2D eigenvalue weighted by atomic mass is 35.5. The molecule has 120 valence electrons. The lowest BCUT2D eigenvalue weighted by molar-refractivity contribution is 0.102. The molecule has 0 aliphatic rings. The summed E-state index contributed by atoms with van der Waals surface area (Å²) in [6.07, 6.45) is 4.39. The number of amides is 1. The van der Waals surface area contributed by atoms with Crippen LogP contribution in [0.1, 0.15) is 22.8 Å². The Hall–Kier alpha value is -2.72. The van der Waals surface area contributed by atoms with Gasteiger partial charge in [-0.2, -0.15) is 0 Å². The molecule has 3 aromatic rings. The zero-order chi connectivity index (χ0) is 16.9. The number of benzene rings is 1. The Labute approximate surface area is 145 Å². The van der Waals surface area contributed by atoms with E-state index in [0.29, 0.717) is 16.4 Å². The first-order valence-corrected chi connectivity index (χ1v) is 8.02. The van der Waals surface area contributed by atoms with Gasteiger partial charge < -0.3 is 5.32 Å². The summed E-state index contributed by atoms with van der Waals surface area (Å²) in [5.41, 5.74) is 4.24. The first-order valence-electron chi connectivity index (χ1n) is 7.64. The van der Waals surface area contributed by atoms with Gasteiger partial charge in [0.25, 0.3) is 5.91 Å².